The summed E-state index contributed by atoms with van der Waals surface area (Å²) < 4.78 is 0.967. The van der Waals surface area contributed by atoms with Crippen LogP contribution in [0, 0.1) is 6.92 Å². The summed E-state index contributed by atoms with van der Waals surface area (Å²) in [7, 11) is 0. The summed E-state index contributed by atoms with van der Waals surface area (Å²) in [6.07, 6.45) is 1.91. The van der Waals surface area contributed by atoms with E-state index >= 15 is 0 Å². The third-order valence-electron chi connectivity index (χ3n) is 2.29. The molecule has 14 heavy (non-hydrogen) atoms. The average molecular weight is 258 g/mol. The molecule has 0 aromatic heterocycles. The van der Waals surface area contributed by atoms with E-state index < -0.39 is 0 Å². The van der Waals surface area contributed by atoms with Gasteiger partial charge in [-0.15, -0.1) is 0 Å². The summed E-state index contributed by atoms with van der Waals surface area (Å²) in [5, 5.41) is 9.82. The predicted molar refractivity (Wildman–Crippen MR) is 62.4 cm³/mol. The molecule has 0 fully saturated rings. The second kappa shape index (κ2) is 4.80. The van der Waals surface area contributed by atoms with Gasteiger partial charge in [0.1, 0.15) is 5.75 Å². The second-order valence-electron chi connectivity index (χ2n) is 3.56. The van der Waals surface area contributed by atoms with Crippen molar-refractivity contribution in [2.75, 3.05) is 0 Å². The highest BCUT2D eigenvalue weighted by atomic mass is 79.9. The molecular formula is C11H16BrNO. The van der Waals surface area contributed by atoms with Crippen molar-refractivity contribution < 1.29 is 5.11 Å². The van der Waals surface area contributed by atoms with Gasteiger partial charge in [-0.2, -0.15) is 0 Å². The highest BCUT2D eigenvalue weighted by molar-refractivity contribution is 9.10. The molecule has 1 rings (SSSR count). The van der Waals surface area contributed by atoms with Crippen LogP contribution in [0.2, 0.25) is 0 Å². The molecule has 78 valence electrons. The van der Waals surface area contributed by atoms with Crippen LogP contribution >= 0.6 is 15.9 Å². The first kappa shape index (κ1) is 11.5. The summed E-state index contributed by atoms with van der Waals surface area (Å²) in [5.74, 6) is 0.328. The maximum absolute atomic E-state index is 9.82. The van der Waals surface area contributed by atoms with E-state index in [9.17, 15) is 5.11 Å². The monoisotopic (exact) mass is 257 g/mol. The van der Waals surface area contributed by atoms with Crippen molar-refractivity contribution in [1.82, 2.24) is 0 Å². The van der Waals surface area contributed by atoms with E-state index in [2.05, 4.69) is 22.9 Å². The molecule has 0 aliphatic carbocycles. The van der Waals surface area contributed by atoms with Crippen molar-refractivity contribution in [2.45, 2.75) is 32.7 Å². The Morgan fingerprint density at radius 3 is 2.71 bits per heavy atom. The second-order valence-corrected chi connectivity index (χ2v) is 4.47. The predicted octanol–water partition coefficient (Wildman–Crippen LogP) is 3.26. The maximum Gasteiger partial charge on any atom is 0.123 e. The van der Waals surface area contributed by atoms with Gasteiger partial charge in [-0.25, -0.2) is 0 Å². The van der Waals surface area contributed by atoms with Gasteiger partial charge in [-0.1, -0.05) is 29.3 Å². The number of hydrogen-bond acceptors (Lipinski definition) is 2. The number of aryl methyl sites for hydroxylation is 1. The van der Waals surface area contributed by atoms with E-state index in [1.807, 2.05) is 19.1 Å². The first-order chi connectivity index (χ1) is 6.56. The van der Waals surface area contributed by atoms with E-state index in [-0.39, 0.29) is 6.04 Å². The number of benzene rings is 1. The van der Waals surface area contributed by atoms with Crippen LogP contribution in [-0.4, -0.2) is 5.11 Å². The number of halogens is 1. The Morgan fingerprint density at radius 2 is 2.14 bits per heavy atom. The number of phenolic OH excluding ortho intramolecular Hbond substituents is 1. The molecule has 0 unspecified atom stereocenters. The number of aromatic hydroxyl groups is 1. The zero-order chi connectivity index (χ0) is 10.7. The van der Waals surface area contributed by atoms with Crippen LogP contribution in [-0.2, 0) is 0 Å². The number of hydrogen-bond donors (Lipinski definition) is 2. The Hall–Kier alpha value is -0.540. The molecule has 0 aliphatic heterocycles. The molecule has 1 aromatic rings. The lowest BCUT2D eigenvalue weighted by molar-refractivity contribution is 0.454. The zero-order valence-electron chi connectivity index (χ0n) is 8.55. The van der Waals surface area contributed by atoms with Gasteiger partial charge in [0, 0.05) is 16.1 Å². The van der Waals surface area contributed by atoms with E-state index in [0.717, 1.165) is 28.4 Å². The normalized spacial score (nSPS) is 12.9. The molecule has 0 saturated carbocycles. The fraction of sp³-hybridized carbons (Fsp3) is 0.455. The fourth-order valence-corrected chi connectivity index (χ4v) is 2.10. The van der Waals surface area contributed by atoms with Crippen molar-refractivity contribution in [3.05, 3.63) is 27.7 Å². The molecule has 0 saturated heterocycles. The quantitative estimate of drug-likeness (QED) is 0.874. The van der Waals surface area contributed by atoms with Crippen molar-refractivity contribution in [1.29, 1.82) is 0 Å². The third-order valence-corrected chi connectivity index (χ3v) is 2.75. The highest BCUT2D eigenvalue weighted by Crippen LogP contribution is 2.31. The molecule has 0 spiro atoms. The van der Waals surface area contributed by atoms with Crippen LogP contribution in [0.5, 0.6) is 5.75 Å². The summed E-state index contributed by atoms with van der Waals surface area (Å²) in [4.78, 5) is 0. The SMILES string of the molecule is CCC[C@@H](N)c1cc(Br)cc(C)c1O. The summed E-state index contributed by atoms with van der Waals surface area (Å²) >= 11 is 3.40. The summed E-state index contributed by atoms with van der Waals surface area (Å²) in [5.41, 5.74) is 7.66. The van der Waals surface area contributed by atoms with E-state index in [1.54, 1.807) is 0 Å². The first-order valence-electron chi connectivity index (χ1n) is 4.80. The molecule has 1 aromatic carbocycles. The molecule has 0 bridgehead atoms. The van der Waals surface area contributed by atoms with Gasteiger partial charge in [0.25, 0.3) is 0 Å². The van der Waals surface area contributed by atoms with Gasteiger partial charge in [0.2, 0.25) is 0 Å². The zero-order valence-corrected chi connectivity index (χ0v) is 10.1. The Bertz CT molecular complexity index is 325. The van der Waals surface area contributed by atoms with Crippen LogP contribution < -0.4 is 5.73 Å². The Labute approximate surface area is 93.3 Å². The van der Waals surface area contributed by atoms with E-state index in [1.165, 1.54) is 0 Å². The van der Waals surface area contributed by atoms with Crippen LogP contribution in [0.1, 0.15) is 36.9 Å². The van der Waals surface area contributed by atoms with E-state index in [0.29, 0.717) is 5.75 Å². The Balaban J connectivity index is 3.07. The molecule has 2 nitrogen and oxygen atoms in total. The van der Waals surface area contributed by atoms with Crippen LogP contribution in [0.4, 0.5) is 0 Å². The smallest absolute Gasteiger partial charge is 0.123 e. The minimum absolute atomic E-state index is 0.0730. The first-order valence-corrected chi connectivity index (χ1v) is 5.60. The number of phenols is 1. The van der Waals surface area contributed by atoms with Gasteiger partial charge in [0.15, 0.2) is 0 Å². The minimum Gasteiger partial charge on any atom is -0.507 e. The molecule has 0 amide bonds. The lowest BCUT2D eigenvalue weighted by atomic mass is 10.00. The summed E-state index contributed by atoms with van der Waals surface area (Å²) in [6, 6.07) is 3.70. The van der Waals surface area contributed by atoms with Crippen molar-refractivity contribution in [3.63, 3.8) is 0 Å². The van der Waals surface area contributed by atoms with Crippen LogP contribution in [0.15, 0.2) is 16.6 Å². The molecule has 0 heterocycles. The van der Waals surface area contributed by atoms with Crippen LogP contribution in [0.25, 0.3) is 0 Å². The standard InChI is InChI=1S/C11H16BrNO/c1-3-4-10(13)9-6-8(12)5-7(2)11(9)14/h5-6,10,14H,3-4,13H2,1-2H3/t10-/m1/s1. The average Bonchev–Trinajstić information content (AvgIpc) is 2.11. The number of rotatable bonds is 3. The van der Waals surface area contributed by atoms with Crippen molar-refractivity contribution >= 4 is 15.9 Å². The molecule has 1 atom stereocenters. The Kier molecular flexibility index (Phi) is 3.96. The van der Waals surface area contributed by atoms with Gasteiger partial charge >= 0.3 is 0 Å². The highest BCUT2D eigenvalue weighted by Gasteiger charge is 2.12. The van der Waals surface area contributed by atoms with Gasteiger partial charge in [-0.3, -0.25) is 0 Å². The minimum atomic E-state index is -0.0730. The van der Waals surface area contributed by atoms with Crippen molar-refractivity contribution in [3.8, 4) is 5.75 Å². The Morgan fingerprint density at radius 1 is 1.50 bits per heavy atom. The number of nitrogens with two attached hydrogens (primary N) is 1. The molecule has 0 aliphatic rings. The fourth-order valence-electron chi connectivity index (χ4n) is 1.51. The largest absolute Gasteiger partial charge is 0.507 e. The third kappa shape index (κ3) is 2.49. The van der Waals surface area contributed by atoms with Gasteiger partial charge in [-0.05, 0) is 31.0 Å². The van der Waals surface area contributed by atoms with Gasteiger partial charge in [0.05, 0.1) is 0 Å². The maximum atomic E-state index is 9.82. The molecule has 3 N–H and O–H groups in total. The molecular weight excluding hydrogens is 242 g/mol. The molecule has 0 radical (unpaired) electrons. The topological polar surface area (TPSA) is 46.2 Å². The van der Waals surface area contributed by atoms with E-state index in [4.69, 9.17) is 5.73 Å². The van der Waals surface area contributed by atoms with Crippen LogP contribution in [0.3, 0.4) is 0 Å². The molecule has 3 heteroatoms. The lowest BCUT2D eigenvalue weighted by Gasteiger charge is -2.14. The lowest BCUT2D eigenvalue weighted by Crippen LogP contribution is -2.10. The van der Waals surface area contributed by atoms with Gasteiger partial charge < -0.3 is 10.8 Å². The van der Waals surface area contributed by atoms with Crippen molar-refractivity contribution in [2.24, 2.45) is 5.73 Å². The summed E-state index contributed by atoms with van der Waals surface area (Å²) in [6.45, 7) is 3.96.